The van der Waals surface area contributed by atoms with Gasteiger partial charge in [0.15, 0.2) is 0 Å². The Morgan fingerprint density at radius 1 is 1.55 bits per heavy atom. The predicted molar refractivity (Wildman–Crippen MR) is 79.0 cm³/mol. The van der Waals surface area contributed by atoms with Gasteiger partial charge in [-0.15, -0.1) is 0 Å². The van der Waals surface area contributed by atoms with Crippen molar-refractivity contribution in [2.75, 3.05) is 43.6 Å². The van der Waals surface area contributed by atoms with Crippen LogP contribution in [0.5, 0.6) is 0 Å². The van der Waals surface area contributed by atoms with Gasteiger partial charge in [-0.3, -0.25) is 4.79 Å². The van der Waals surface area contributed by atoms with Gasteiger partial charge < -0.3 is 20.3 Å². The summed E-state index contributed by atoms with van der Waals surface area (Å²) in [6, 6.07) is 5.51. The summed E-state index contributed by atoms with van der Waals surface area (Å²) in [6.45, 7) is 4.68. The van der Waals surface area contributed by atoms with Crippen molar-refractivity contribution in [3.8, 4) is 0 Å². The molecule has 2 heterocycles. The fraction of sp³-hybridized carbons (Fsp3) is 0.571. The van der Waals surface area contributed by atoms with Gasteiger partial charge in [0.1, 0.15) is 17.7 Å². The first-order valence-corrected chi connectivity index (χ1v) is 7.03. The maximum absolute atomic E-state index is 11.9. The number of hydrogen-bond donors (Lipinski definition) is 2. The molecule has 0 radical (unpaired) electrons. The molecule has 1 aromatic rings. The number of morpholine rings is 1. The fourth-order valence-corrected chi connectivity index (χ4v) is 2.20. The molecule has 0 aliphatic carbocycles. The van der Waals surface area contributed by atoms with Crippen molar-refractivity contribution in [3.05, 3.63) is 18.2 Å². The van der Waals surface area contributed by atoms with Crippen molar-refractivity contribution < 1.29 is 9.53 Å². The lowest BCUT2D eigenvalue weighted by Crippen LogP contribution is -2.53. The number of carbonyl (C=O) groups excluding carboxylic acids is 1. The molecule has 1 aliphatic rings. The van der Waals surface area contributed by atoms with E-state index < -0.39 is 0 Å². The Kier molecular flexibility index (Phi) is 5.17. The molecule has 20 heavy (non-hydrogen) atoms. The van der Waals surface area contributed by atoms with Crippen LogP contribution in [0.1, 0.15) is 13.3 Å². The number of anilines is 2. The molecule has 1 unspecified atom stereocenters. The minimum atomic E-state index is -0.317. The van der Waals surface area contributed by atoms with Gasteiger partial charge >= 0.3 is 0 Å². The van der Waals surface area contributed by atoms with E-state index in [1.807, 2.05) is 23.1 Å². The number of hydrogen-bond acceptors (Lipinski definition) is 5. The van der Waals surface area contributed by atoms with Crippen LogP contribution < -0.4 is 15.5 Å². The highest BCUT2D eigenvalue weighted by molar-refractivity contribution is 5.85. The number of nitrogens with one attached hydrogen (secondary N) is 2. The third-order valence-corrected chi connectivity index (χ3v) is 3.26. The summed E-state index contributed by atoms with van der Waals surface area (Å²) < 4.78 is 5.41. The minimum Gasteiger partial charge on any atom is -0.377 e. The lowest BCUT2D eigenvalue weighted by atomic mass is 10.2. The molecule has 2 N–H and O–H groups in total. The average Bonchev–Trinajstić information content (AvgIpc) is 2.52. The van der Waals surface area contributed by atoms with Crippen LogP contribution in [0.15, 0.2) is 18.2 Å². The summed E-state index contributed by atoms with van der Waals surface area (Å²) in [7, 11) is 1.64. The highest BCUT2D eigenvalue weighted by Gasteiger charge is 2.29. The summed E-state index contributed by atoms with van der Waals surface area (Å²) >= 11 is 0. The third-order valence-electron chi connectivity index (χ3n) is 3.26. The topological polar surface area (TPSA) is 66.5 Å². The van der Waals surface area contributed by atoms with Gasteiger partial charge in [0.05, 0.1) is 13.2 Å². The van der Waals surface area contributed by atoms with Crippen molar-refractivity contribution in [1.82, 2.24) is 10.3 Å². The number of amides is 1. The van der Waals surface area contributed by atoms with E-state index >= 15 is 0 Å². The lowest BCUT2D eigenvalue weighted by Gasteiger charge is -2.35. The largest absolute Gasteiger partial charge is 0.377 e. The Bertz CT molecular complexity index is 453. The van der Waals surface area contributed by atoms with Crippen LogP contribution >= 0.6 is 0 Å². The zero-order valence-electron chi connectivity index (χ0n) is 12.1. The van der Waals surface area contributed by atoms with Crippen molar-refractivity contribution in [2.24, 2.45) is 0 Å². The molecule has 6 nitrogen and oxygen atoms in total. The Balaban J connectivity index is 2.16. The second kappa shape index (κ2) is 7.09. The Morgan fingerprint density at radius 2 is 2.40 bits per heavy atom. The SMILES string of the molecule is CCCNc1cccc(N2CCOCC2C(=O)NC)n1. The molecule has 0 spiro atoms. The highest BCUT2D eigenvalue weighted by atomic mass is 16.5. The van der Waals surface area contributed by atoms with Crippen LogP contribution in [-0.2, 0) is 9.53 Å². The van der Waals surface area contributed by atoms with Crippen molar-refractivity contribution in [2.45, 2.75) is 19.4 Å². The molecule has 1 aromatic heterocycles. The number of carbonyl (C=O) groups is 1. The lowest BCUT2D eigenvalue weighted by molar-refractivity contribution is -0.124. The number of aromatic nitrogens is 1. The van der Waals surface area contributed by atoms with Gasteiger partial charge in [-0.05, 0) is 18.6 Å². The quantitative estimate of drug-likeness (QED) is 0.836. The molecular weight excluding hydrogens is 256 g/mol. The second-order valence-electron chi connectivity index (χ2n) is 4.71. The Morgan fingerprint density at radius 3 is 3.15 bits per heavy atom. The van der Waals surface area contributed by atoms with E-state index in [2.05, 4.69) is 22.5 Å². The number of pyridine rings is 1. The van der Waals surface area contributed by atoms with Crippen LogP contribution in [0.25, 0.3) is 0 Å². The van der Waals surface area contributed by atoms with Crippen LogP contribution in [-0.4, -0.2) is 50.3 Å². The van der Waals surface area contributed by atoms with E-state index in [-0.39, 0.29) is 11.9 Å². The molecule has 1 atom stereocenters. The molecule has 0 aromatic carbocycles. The van der Waals surface area contributed by atoms with E-state index in [1.165, 1.54) is 0 Å². The second-order valence-corrected chi connectivity index (χ2v) is 4.71. The normalized spacial score (nSPS) is 18.7. The van der Waals surface area contributed by atoms with Gasteiger partial charge in [-0.2, -0.15) is 0 Å². The van der Waals surface area contributed by atoms with Crippen LogP contribution in [0.2, 0.25) is 0 Å². The number of rotatable bonds is 5. The monoisotopic (exact) mass is 278 g/mol. The van der Waals surface area contributed by atoms with Gasteiger partial charge in [-0.1, -0.05) is 13.0 Å². The molecule has 1 fully saturated rings. The molecule has 2 rings (SSSR count). The summed E-state index contributed by atoms with van der Waals surface area (Å²) in [4.78, 5) is 18.5. The minimum absolute atomic E-state index is 0.0431. The van der Waals surface area contributed by atoms with Gasteiger partial charge in [0.2, 0.25) is 5.91 Å². The van der Waals surface area contributed by atoms with Crippen molar-refractivity contribution >= 4 is 17.5 Å². The zero-order valence-corrected chi connectivity index (χ0v) is 12.1. The smallest absolute Gasteiger partial charge is 0.244 e. The Labute approximate surface area is 119 Å². The van der Waals surface area contributed by atoms with E-state index in [4.69, 9.17) is 4.74 Å². The fourth-order valence-electron chi connectivity index (χ4n) is 2.20. The van der Waals surface area contributed by atoms with Gasteiger partial charge in [0.25, 0.3) is 0 Å². The standard InChI is InChI=1S/C14H22N4O2/c1-3-7-16-12-5-4-6-13(17-12)18-8-9-20-10-11(18)14(19)15-2/h4-6,11H,3,7-10H2,1-2H3,(H,15,19)(H,16,17). The maximum atomic E-state index is 11.9. The zero-order chi connectivity index (χ0) is 14.4. The molecule has 1 amide bonds. The number of ether oxygens (including phenoxy) is 1. The summed E-state index contributed by atoms with van der Waals surface area (Å²) in [6.07, 6.45) is 1.05. The average molecular weight is 278 g/mol. The number of nitrogens with zero attached hydrogens (tertiary/aromatic N) is 2. The first-order valence-electron chi connectivity index (χ1n) is 7.03. The molecular formula is C14H22N4O2. The molecule has 0 saturated carbocycles. The van der Waals surface area contributed by atoms with E-state index in [1.54, 1.807) is 7.05 Å². The summed E-state index contributed by atoms with van der Waals surface area (Å²) in [5.41, 5.74) is 0. The third kappa shape index (κ3) is 3.39. The predicted octanol–water partition coefficient (Wildman–Crippen LogP) is 0.855. The van der Waals surface area contributed by atoms with Crippen molar-refractivity contribution in [3.63, 3.8) is 0 Å². The van der Waals surface area contributed by atoms with Gasteiger partial charge in [0, 0.05) is 20.1 Å². The summed E-state index contributed by atoms with van der Waals surface area (Å²) in [5, 5.41) is 5.94. The number of likely N-dealkylation sites (N-methyl/N-ethyl adjacent to an activating group) is 1. The van der Waals surface area contributed by atoms with Crippen LogP contribution in [0.3, 0.4) is 0 Å². The van der Waals surface area contributed by atoms with Crippen molar-refractivity contribution in [1.29, 1.82) is 0 Å². The van der Waals surface area contributed by atoms with Crippen LogP contribution in [0, 0.1) is 0 Å². The maximum Gasteiger partial charge on any atom is 0.244 e. The molecule has 110 valence electrons. The molecule has 0 bridgehead atoms. The Hall–Kier alpha value is -1.82. The molecule has 1 saturated heterocycles. The van der Waals surface area contributed by atoms with Gasteiger partial charge in [-0.25, -0.2) is 4.98 Å². The van der Waals surface area contributed by atoms with E-state index in [0.717, 1.165) is 24.6 Å². The van der Waals surface area contributed by atoms with Crippen LogP contribution in [0.4, 0.5) is 11.6 Å². The summed E-state index contributed by atoms with van der Waals surface area (Å²) in [5.74, 6) is 1.60. The first-order chi connectivity index (χ1) is 9.76. The highest BCUT2D eigenvalue weighted by Crippen LogP contribution is 2.19. The van der Waals surface area contributed by atoms with E-state index in [9.17, 15) is 4.79 Å². The van der Waals surface area contributed by atoms with E-state index in [0.29, 0.717) is 19.8 Å². The molecule has 1 aliphatic heterocycles. The first kappa shape index (κ1) is 14.6. The molecule has 6 heteroatoms.